The number of aromatic nitrogens is 1. The van der Waals surface area contributed by atoms with Gasteiger partial charge in [-0.3, -0.25) is 14.6 Å². The number of phenolic OH excluding ortho intramolecular Hbond substituents is 2. The zero-order valence-corrected chi connectivity index (χ0v) is 21.4. The molecule has 2 N–H and O–H groups in total. The van der Waals surface area contributed by atoms with Crippen LogP contribution in [-0.2, 0) is 13.1 Å². The lowest BCUT2D eigenvalue weighted by molar-refractivity contribution is 0.0785. The quantitative estimate of drug-likeness (QED) is 0.286. The third-order valence-electron chi connectivity index (χ3n) is 6.53. The molecular weight excluding hydrogens is 490 g/mol. The smallest absolute Gasteiger partial charge is 0.262 e. The van der Waals surface area contributed by atoms with Crippen LogP contribution in [0.15, 0.2) is 109 Å². The molecule has 1 aromatic heterocycles. The second kappa shape index (κ2) is 11.1. The Morgan fingerprint density at radius 2 is 1.51 bits per heavy atom. The zero-order valence-electron chi connectivity index (χ0n) is 21.4. The van der Waals surface area contributed by atoms with Gasteiger partial charge in [0.15, 0.2) is 0 Å². The van der Waals surface area contributed by atoms with Crippen LogP contribution in [0.2, 0.25) is 0 Å². The molecule has 0 saturated heterocycles. The minimum absolute atomic E-state index is 0.0481. The molecule has 0 unspecified atom stereocenters. The van der Waals surface area contributed by atoms with Crippen LogP contribution in [0.3, 0.4) is 0 Å². The van der Waals surface area contributed by atoms with E-state index in [1.165, 1.54) is 17.0 Å². The van der Waals surface area contributed by atoms with E-state index in [9.17, 15) is 19.8 Å². The fourth-order valence-electron chi connectivity index (χ4n) is 4.49. The Kier molecular flexibility index (Phi) is 7.23. The van der Waals surface area contributed by atoms with Crippen LogP contribution in [0.25, 0.3) is 10.8 Å². The largest absolute Gasteiger partial charge is 0.508 e. The van der Waals surface area contributed by atoms with E-state index < -0.39 is 5.91 Å². The average molecular weight is 518 g/mol. The van der Waals surface area contributed by atoms with Crippen molar-refractivity contribution in [2.24, 2.45) is 0 Å². The second-order valence-corrected chi connectivity index (χ2v) is 9.34. The molecule has 4 aromatic carbocycles. The summed E-state index contributed by atoms with van der Waals surface area (Å²) < 4.78 is 0. The molecule has 5 aromatic rings. The lowest BCUT2D eigenvalue weighted by Crippen LogP contribution is -2.31. The maximum atomic E-state index is 13.5. The van der Waals surface area contributed by atoms with E-state index in [1.807, 2.05) is 24.3 Å². The van der Waals surface area contributed by atoms with Gasteiger partial charge in [-0.05, 0) is 70.4 Å². The maximum Gasteiger partial charge on any atom is 0.262 e. The van der Waals surface area contributed by atoms with Crippen LogP contribution < -0.4 is 4.90 Å². The van der Waals surface area contributed by atoms with Crippen molar-refractivity contribution in [3.05, 3.63) is 132 Å². The summed E-state index contributed by atoms with van der Waals surface area (Å²) in [5, 5.41) is 22.2. The molecule has 7 nitrogen and oxygen atoms in total. The van der Waals surface area contributed by atoms with Crippen molar-refractivity contribution in [1.82, 2.24) is 9.88 Å². The van der Waals surface area contributed by atoms with Crippen molar-refractivity contribution in [1.29, 1.82) is 0 Å². The van der Waals surface area contributed by atoms with Crippen molar-refractivity contribution >= 4 is 28.3 Å². The van der Waals surface area contributed by atoms with E-state index in [2.05, 4.69) is 29.2 Å². The molecular formula is C32H27N3O4. The number of nitrogens with zero attached hydrogens (tertiary/aromatic N) is 3. The summed E-state index contributed by atoms with van der Waals surface area (Å²) in [6, 6.07) is 28.6. The van der Waals surface area contributed by atoms with Gasteiger partial charge in [-0.15, -0.1) is 0 Å². The highest BCUT2D eigenvalue weighted by atomic mass is 16.3. The van der Waals surface area contributed by atoms with E-state index >= 15 is 0 Å². The van der Waals surface area contributed by atoms with Gasteiger partial charge < -0.3 is 20.0 Å². The number of aromatic hydroxyl groups is 2. The molecule has 194 valence electrons. The molecule has 5 rings (SSSR count). The third kappa shape index (κ3) is 5.72. The predicted octanol–water partition coefficient (Wildman–Crippen LogP) is 5.77. The normalized spacial score (nSPS) is 10.8. The molecule has 39 heavy (non-hydrogen) atoms. The Morgan fingerprint density at radius 3 is 2.23 bits per heavy atom. The molecule has 0 atom stereocenters. The standard InChI is InChI=1S/C32H27N3O4/c1-34(20-22-8-9-24-6-2-3-7-26(24)17-22)31(38)25-10-12-27(13-11-25)35(21-23-5-4-16-33-19-23)32(39)29-15-14-28(36)18-30(29)37/h2-19,36-37H,20-21H2,1H3. The second-order valence-electron chi connectivity index (χ2n) is 9.34. The first-order chi connectivity index (χ1) is 18.9. The summed E-state index contributed by atoms with van der Waals surface area (Å²) in [4.78, 5) is 34.0. The Balaban J connectivity index is 1.37. The van der Waals surface area contributed by atoms with Crippen LogP contribution >= 0.6 is 0 Å². The van der Waals surface area contributed by atoms with Gasteiger partial charge in [0.25, 0.3) is 11.8 Å². The van der Waals surface area contributed by atoms with Gasteiger partial charge in [0.05, 0.1) is 12.1 Å². The average Bonchev–Trinajstić information content (AvgIpc) is 2.96. The first-order valence-electron chi connectivity index (χ1n) is 12.4. The molecule has 0 aliphatic carbocycles. The number of rotatable bonds is 7. The van der Waals surface area contributed by atoms with E-state index in [-0.39, 0.29) is 29.5 Å². The van der Waals surface area contributed by atoms with Crippen LogP contribution in [-0.4, -0.2) is 39.0 Å². The summed E-state index contributed by atoms with van der Waals surface area (Å²) in [5.74, 6) is -1.06. The molecule has 0 saturated carbocycles. The first kappa shape index (κ1) is 25.5. The molecule has 7 heteroatoms. The third-order valence-corrected chi connectivity index (χ3v) is 6.53. The van der Waals surface area contributed by atoms with Crippen LogP contribution in [0.4, 0.5) is 5.69 Å². The first-order valence-corrected chi connectivity index (χ1v) is 12.4. The van der Waals surface area contributed by atoms with E-state index in [1.54, 1.807) is 54.7 Å². The Bertz CT molecular complexity index is 1640. The van der Waals surface area contributed by atoms with Gasteiger partial charge in [0, 0.05) is 43.3 Å². The molecule has 0 aliphatic rings. The molecule has 0 spiro atoms. The molecule has 2 amide bonds. The van der Waals surface area contributed by atoms with E-state index in [4.69, 9.17) is 0 Å². The molecule has 0 aliphatic heterocycles. The Labute approximate surface area is 226 Å². The van der Waals surface area contributed by atoms with E-state index in [0.717, 1.165) is 28.0 Å². The van der Waals surface area contributed by atoms with Crippen LogP contribution in [0.5, 0.6) is 11.5 Å². The highest BCUT2D eigenvalue weighted by Gasteiger charge is 2.22. The van der Waals surface area contributed by atoms with Crippen molar-refractivity contribution in [2.75, 3.05) is 11.9 Å². The number of fused-ring (bicyclic) bond motifs is 1. The number of anilines is 1. The van der Waals surface area contributed by atoms with Gasteiger partial charge >= 0.3 is 0 Å². The summed E-state index contributed by atoms with van der Waals surface area (Å²) in [5.41, 5.74) is 2.91. The Morgan fingerprint density at radius 1 is 0.744 bits per heavy atom. The minimum atomic E-state index is -0.455. The van der Waals surface area contributed by atoms with Crippen molar-refractivity contribution in [3.63, 3.8) is 0 Å². The zero-order chi connectivity index (χ0) is 27.4. The van der Waals surface area contributed by atoms with Gasteiger partial charge in [-0.2, -0.15) is 0 Å². The van der Waals surface area contributed by atoms with Crippen molar-refractivity contribution in [2.45, 2.75) is 13.1 Å². The molecule has 0 radical (unpaired) electrons. The summed E-state index contributed by atoms with van der Waals surface area (Å²) in [6.07, 6.45) is 3.31. The molecule has 0 fully saturated rings. The summed E-state index contributed by atoms with van der Waals surface area (Å²) in [7, 11) is 1.76. The highest BCUT2D eigenvalue weighted by molar-refractivity contribution is 6.08. The fourth-order valence-corrected chi connectivity index (χ4v) is 4.49. The fraction of sp³-hybridized carbons (Fsp3) is 0.0938. The van der Waals surface area contributed by atoms with Gasteiger partial charge in [0.1, 0.15) is 11.5 Å². The van der Waals surface area contributed by atoms with Crippen LogP contribution in [0.1, 0.15) is 31.8 Å². The number of hydrogen-bond acceptors (Lipinski definition) is 5. The van der Waals surface area contributed by atoms with Crippen molar-refractivity contribution < 1.29 is 19.8 Å². The van der Waals surface area contributed by atoms with Gasteiger partial charge in [-0.25, -0.2) is 0 Å². The number of amides is 2. The number of phenols is 2. The lowest BCUT2D eigenvalue weighted by atomic mass is 10.1. The molecule has 1 heterocycles. The number of carbonyl (C=O) groups is 2. The van der Waals surface area contributed by atoms with E-state index in [0.29, 0.717) is 17.8 Å². The molecule has 0 bridgehead atoms. The van der Waals surface area contributed by atoms with Crippen LogP contribution in [0, 0.1) is 0 Å². The summed E-state index contributed by atoms with van der Waals surface area (Å²) >= 11 is 0. The number of hydrogen-bond donors (Lipinski definition) is 2. The minimum Gasteiger partial charge on any atom is -0.508 e. The number of pyridine rings is 1. The lowest BCUT2D eigenvalue weighted by Gasteiger charge is -2.24. The monoisotopic (exact) mass is 517 g/mol. The maximum absolute atomic E-state index is 13.5. The Hall–Kier alpha value is -5.17. The van der Waals surface area contributed by atoms with Gasteiger partial charge in [0.2, 0.25) is 0 Å². The van der Waals surface area contributed by atoms with Crippen molar-refractivity contribution in [3.8, 4) is 11.5 Å². The SMILES string of the molecule is CN(Cc1ccc2ccccc2c1)C(=O)c1ccc(N(Cc2cccnc2)C(=O)c2ccc(O)cc2O)cc1. The number of benzene rings is 4. The summed E-state index contributed by atoms with van der Waals surface area (Å²) in [6.45, 7) is 0.652. The predicted molar refractivity (Wildman–Crippen MR) is 151 cm³/mol. The van der Waals surface area contributed by atoms with Gasteiger partial charge in [-0.1, -0.05) is 42.5 Å². The topological polar surface area (TPSA) is 94.0 Å². The highest BCUT2D eigenvalue weighted by Crippen LogP contribution is 2.28. The number of carbonyl (C=O) groups excluding carboxylic acids is 2.